The van der Waals surface area contributed by atoms with E-state index >= 15 is 0 Å². The van der Waals surface area contributed by atoms with E-state index in [9.17, 15) is 0 Å². The molecule has 10 atom stereocenters. The van der Waals surface area contributed by atoms with Crippen LogP contribution in [0.1, 0.15) is 33.4 Å². The molecule has 0 aromatic heterocycles. The highest BCUT2D eigenvalue weighted by Gasteiger charge is 2.54. The minimum atomic E-state index is -1.08. The first-order valence-corrected chi connectivity index (χ1v) is 22.4. The lowest BCUT2D eigenvalue weighted by molar-refractivity contribution is -0.389. The lowest BCUT2D eigenvalue weighted by Crippen LogP contribution is -2.66. The Kier molecular flexibility index (Phi) is 17.4. The molecule has 65 heavy (non-hydrogen) atoms. The van der Waals surface area contributed by atoms with Crippen molar-refractivity contribution in [2.45, 2.75) is 101 Å². The summed E-state index contributed by atoms with van der Waals surface area (Å²) < 4.78 is 61.9. The third kappa shape index (κ3) is 13.0. The van der Waals surface area contributed by atoms with E-state index < -0.39 is 61.4 Å². The highest BCUT2D eigenvalue weighted by Crippen LogP contribution is 2.36. The van der Waals surface area contributed by atoms with Crippen molar-refractivity contribution in [1.29, 1.82) is 0 Å². The quantitative estimate of drug-likeness (QED) is 0.0690. The summed E-state index contributed by atoms with van der Waals surface area (Å²) in [5.74, 6) is 0. The molecular weight excluding hydrogens is 821 g/mol. The summed E-state index contributed by atoms with van der Waals surface area (Å²) in [5.41, 5.74) is 19.0. The first-order chi connectivity index (χ1) is 32.1. The molecule has 2 fully saturated rings. The monoisotopic (exact) mass is 880 g/mol. The number of rotatable bonds is 22. The summed E-state index contributed by atoms with van der Waals surface area (Å²) in [6, 6.07) is 59.9. The maximum Gasteiger partial charge on any atom is 0.190 e. The van der Waals surface area contributed by atoms with Gasteiger partial charge in [-0.1, -0.05) is 182 Å². The highest BCUT2D eigenvalue weighted by molar-refractivity contribution is 5.18. The Morgan fingerprint density at radius 3 is 0.738 bits per heavy atom. The molecule has 0 amide bonds. The Morgan fingerprint density at radius 1 is 0.292 bits per heavy atom. The predicted octanol–water partition coefficient (Wildman–Crippen LogP) is 7.88. The molecule has 0 unspecified atom stereocenters. The number of hydrogen-bond donors (Lipinski definition) is 2. The van der Waals surface area contributed by atoms with Crippen LogP contribution in [-0.2, 0) is 82.3 Å². The van der Waals surface area contributed by atoms with Gasteiger partial charge < -0.3 is 54.1 Å². The normalized spacial score (nSPS) is 25.6. The molecule has 0 aliphatic carbocycles. The van der Waals surface area contributed by atoms with Gasteiger partial charge >= 0.3 is 0 Å². The van der Waals surface area contributed by atoms with Gasteiger partial charge in [-0.05, 0) is 33.4 Å². The second-order valence-electron chi connectivity index (χ2n) is 16.3. The summed E-state index contributed by atoms with van der Waals surface area (Å²) in [6.07, 6.45) is -7.86. The fraction of sp³-hybridized carbons (Fsp3) is 0.333. The van der Waals surface area contributed by atoms with E-state index in [2.05, 4.69) is 0 Å². The van der Waals surface area contributed by atoms with Crippen LogP contribution in [0.25, 0.3) is 0 Å². The summed E-state index contributed by atoms with van der Waals surface area (Å²) in [6.45, 7) is 1.86. The van der Waals surface area contributed by atoms with Gasteiger partial charge in [0.2, 0.25) is 0 Å². The minimum absolute atomic E-state index is 0.110. The first kappa shape index (κ1) is 46.4. The zero-order valence-electron chi connectivity index (χ0n) is 36.6. The number of benzene rings is 6. The molecule has 6 aromatic carbocycles. The predicted molar refractivity (Wildman–Crippen MR) is 247 cm³/mol. The maximum absolute atomic E-state index is 7.11. The summed E-state index contributed by atoms with van der Waals surface area (Å²) in [7, 11) is 0. The Bertz CT molecular complexity index is 2050. The Morgan fingerprint density at radius 2 is 0.508 bits per heavy atom. The van der Waals surface area contributed by atoms with Crippen LogP contribution in [0.2, 0.25) is 0 Å². The van der Waals surface area contributed by atoms with E-state index in [1.165, 1.54) is 0 Å². The van der Waals surface area contributed by atoms with E-state index in [4.69, 9.17) is 54.1 Å². The van der Waals surface area contributed by atoms with Gasteiger partial charge in [0.25, 0.3) is 0 Å². The van der Waals surface area contributed by atoms with Gasteiger partial charge in [0.1, 0.15) is 48.8 Å². The number of hydrogen-bond acceptors (Lipinski definition) is 11. The van der Waals surface area contributed by atoms with Crippen LogP contribution in [-0.4, -0.2) is 74.5 Å². The van der Waals surface area contributed by atoms with Crippen LogP contribution in [0.3, 0.4) is 0 Å². The topological polar surface area (TPSA) is 135 Å². The van der Waals surface area contributed by atoms with Gasteiger partial charge in [0.05, 0.1) is 39.6 Å². The molecule has 0 bridgehead atoms. The van der Waals surface area contributed by atoms with E-state index in [-0.39, 0.29) is 39.5 Å². The lowest BCUT2D eigenvalue weighted by atomic mass is 9.96. The minimum Gasteiger partial charge on any atom is -0.368 e. The van der Waals surface area contributed by atoms with Crippen LogP contribution in [0.4, 0.5) is 0 Å². The molecule has 0 saturated carbocycles. The summed E-state index contributed by atoms with van der Waals surface area (Å²) in [5, 5.41) is 0. The first-order valence-electron chi connectivity index (χ1n) is 22.4. The summed E-state index contributed by atoms with van der Waals surface area (Å²) >= 11 is 0. The van der Waals surface area contributed by atoms with Gasteiger partial charge in [0, 0.05) is 13.1 Å². The van der Waals surface area contributed by atoms with Gasteiger partial charge in [-0.3, -0.25) is 0 Å². The molecule has 2 aliphatic rings. The molecule has 2 heterocycles. The molecule has 6 aromatic rings. The third-order valence-corrected chi connectivity index (χ3v) is 11.6. The van der Waals surface area contributed by atoms with Crippen LogP contribution >= 0.6 is 0 Å². The van der Waals surface area contributed by atoms with E-state index in [1.54, 1.807) is 0 Å². The van der Waals surface area contributed by atoms with Crippen molar-refractivity contribution in [3.05, 3.63) is 215 Å². The van der Waals surface area contributed by atoms with Crippen molar-refractivity contribution in [2.75, 3.05) is 13.1 Å². The zero-order valence-corrected chi connectivity index (χ0v) is 36.6. The summed E-state index contributed by atoms with van der Waals surface area (Å²) in [4.78, 5) is 0. The third-order valence-electron chi connectivity index (χ3n) is 11.6. The van der Waals surface area contributed by atoms with Crippen molar-refractivity contribution in [1.82, 2.24) is 0 Å². The van der Waals surface area contributed by atoms with Gasteiger partial charge in [-0.2, -0.15) is 0 Å². The molecule has 4 N–H and O–H groups in total. The smallest absolute Gasteiger partial charge is 0.190 e. The van der Waals surface area contributed by atoms with Crippen molar-refractivity contribution < 1.29 is 42.6 Å². The van der Waals surface area contributed by atoms with Crippen LogP contribution in [0, 0.1) is 0 Å². The van der Waals surface area contributed by atoms with Gasteiger partial charge in [0.15, 0.2) is 12.6 Å². The van der Waals surface area contributed by atoms with Crippen molar-refractivity contribution in [3.63, 3.8) is 0 Å². The maximum atomic E-state index is 7.11. The number of nitrogens with two attached hydrogens (primary N) is 2. The Labute approximate surface area is 382 Å². The standard InChI is InChI=1S/C54H60N2O9/c55-31-45-47(57-33-39-19-7-1-8-20-39)49(59-35-41-23-11-3-12-24-41)51(61-37-43-27-15-5-16-28-43)53(63-45)65-54-52(62-38-44-29-17-6-18-30-44)50(60-36-42-25-13-4-14-26-42)48(46(32-56)64-54)58-34-40-21-9-2-10-22-40/h1-30,45-54H,31-38,55-56H2/t45-,46-,47-,48-,49+,50+,51-,52-,53-,54-/m1/s1. The molecule has 8 rings (SSSR count). The van der Waals surface area contributed by atoms with E-state index in [0.717, 1.165) is 33.4 Å². The zero-order chi connectivity index (χ0) is 44.5. The van der Waals surface area contributed by atoms with Crippen LogP contribution in [0.5, 0.6) is 0 Å². The molecule has 11 nitrogen and oxygen atoms in total. The average molecular weight is 881 g/mol. The molecule has 0 spiro atoms. The average Bonchev–Trinajstić information content (AvgIpc) is 3.37. The Balaban J connectivity index is 1.15. The highest BCUT2D eigenvalue weighted by atomic mass is 16.8. The van der Waals surface area contributed by atoms with Crippen LogP contribution in [0.15, 0.2) is 182 Å². The number of ether oxygens (including phenoxy) is 9. The fourth-order valence-corrected chi connectivity index (χ4v) is 8.22. The SMILES string of the molecule is NC[C@H]1O[C@H](O[C@H]2O[C@H](CN)[C@@H](OCc3ccccc3)[C@H](OCc3ccccc3)[C@H]2OCc2ccccc2)[C@H](OCc2ccccc2)[C@@H](OCc2ccccc2)[C@@H]1OCc1ccccc1. The molecule has 340 valence electrons. The lowest BCUT2D eigenvalue weighted by Gasteiger charge is -2.49. The van der Waals surface area contributed by atoms with Crippen molar-refractivity contribution in [2.24, 2.45) is 11.5 Å². The van der Waals surface area contributed by atoms with Crippen molar-refractivity contribution in [3.8, 4) is 0 Å². The molecule has 11 heteroatoms. The van der Waals surface area contributed by atoms with E-state index in [0.29, 0.717) is 13.2 Å². The van der Waals surface area contributed by atoms with E-state index in [1.807, 2.05) is 182 Å². The molecule has 2 saturated heterocycles. The Hall–Kier alpha value is -5.12. The molecule has 2 aliphatic heterocycles. The van der Waals surface area contributed by atoms with Crippen LogP contribution < -0.4 is 11.5 Å². The van der Waals surface area contributed by atoms with Gasteiger partial charge in [-0.25, -0.2) is 0 Å². The van der Waals surface area contributed by atoms with Crippen molar-refractivity contribution >= 4 is 0 Å². The molecular formula is C54H60N2O9. The largest absolute Gasteiger partial charge is 0.368 e. The second-order valence-corrected chi connectivity index (χ2v) is 16.3. The second kappa shape index (κ2) is 24.4. The van der Waals surface area contributed by atoms with Gasteiger partial charge in [-0.15, -0.1) is 0 Å². The fourth-order valence-electron chi connectivity index (χ4n) is 8.22. The molecule has 0 radical (unpaired) electrons.